The number of aromatic nitrogens is 1. The third-order valence-corrected chi connectivity index (χ3v) is 7.70. The number of carbonyl (C=O) groups excluding carboxylic acids is 4. The molecular formula is C24H28FN5O9. The number of halogens is 1. The molecule has 4 heterocycles. The number of urea groups is 1. The number of rotatable bonds is 4. The number of benzene rings is 1. The zero-order valence-electron chi connectivity index (χ0n) is 21.6. The summed E-state index contributed by atoms with van der Waals surface area (Å²) in [6, 6.07) is -1.53. The van der Waals surface area contributed by atoms with Crippen molar-refractivity contribution in [2.75, 3.05) is 30.1 Å². The molecule has 2 fully saturated rings. The molecule has 1 unspecified atom stereocenters. The normalized spacial score (nSPS) is 25.5. The fourth-order valence-corrected chi connectivity index (χ4v) is 5.98. The maximum atomic E-state index is 16.3. The molecule has 2 aromatic rings. The number of fused-ring (bicyclic) bond motifs is 5. The highest BCUT2D eigenvalue weighted by Gasteiger charge is 2.63. The van der Waals surface area contributed by atoms with Crippen LogP contribution in [0.2, 0.25) is 0 Å². The van der Waals surface area contributed by atoms with Crippen molar-refractivity contribution in [1.82, 2.24) is 15.8 Å². The molecule has 1 aromatic carbocycles. The summed E-state index contributed by atoms with van der Waals surface area (Å²) < 4.78 is 32.4. The molecule has 1 spiro atoms. The lowest BCUT2D eigenvalue weighted by Gasteiger charge is -2.55. The molecule has 210 valence electrons. The van der Waals surface area contributed by atoms with Crippen LogP contribution in [0.4, 0.5) is 25.5 Å². The highest BCUT2D eigenvalue weighted by molar-refractivity contribution is 6.20. The van der Waals surface area contributed by atoms with Gasteiger partial charge in [-0.1, -0.05) is 5.16 Å². The molecule has 14 nitrogen and oxygen atoms in total. The second-order valence-corrected chi connectivity index (χ2v) is 10.0. The van der Waals surface area contributed by atoms with Crippen LogP contribution in [0.3, 0.4) is 0 Å². The lowest BCUT2D eigenvalue weighted by atomic mass is 9.66. The van der Waals surface area contributed by atoms with Crippen LogP contribution < -0.4 is 20.4 Å². The van der Waals surface area contributed by atoms with E-state index >= 15 is 4.39 Å². The van der Waals surface area contributed by atoms with Crippen LogP contribution in [0.5, 0.6) is 0 Å². The first-order valence-corrected chi connectivity index (χ1v) is 12.3. The smallest absolute Gasteiger partial charge is 0.415 e. The van der Waals surface area contributed by atoms with Crippen molar-refractivity contribution in [2.45, 2.75) is 57.6 Å². The molecule has 5 amide bonds. The Morgan fingerprint density at radius 3 is 2.62 bits per heavy atom. The van der Waals surface area contributed by atoms with Crippen LogP contribution in [0.1, 0.15) is 26.3 Å². The van der Waals surface area contributed by atoms with E-state index in [1.807, 2.05) is 0 Å². The fraction of sp³-hybridized carbons (Fsp3) is 0.542. The van der Waals surface area contributed by atoms with Gasteiger partial charge in [0.1, 0.15) is 0 Å². The molecule has 5 atom stereocenters. The standard InChI is InChI=1S/C24H28FN5O9/c1-9-7-29-16-12(6-24(18(29)11(3)38-9)20(33)26-22(35)27-21(24)34)5-13-17(15(16)25)39-28-19(13)30(23(36)37-4)10(2)14(32)8-31/h5,9-11,14,18,31-32H,6-8H2,1-4H3,(H2,26,27,33,34,35)/t9-,10-,11+,14+,18?/m1/s1. The van der Waals surface area contributed by atoms with Crippen LogP contribution in [0.25, 0.3) is 11.0 Å². The summed E-state index contributed by atoms with van der Waals surface area (Å²) in [5.41, 5.74) is -1.85. The number of nitrogens with one attached hydrogen (secondary N) is 2. The van der Waals surface area contributed by atoms with Gasteiger partial charge in [-0.05, 0) is 32.4 Å². The van der Waals surface area contributed by atoms with Crippen molar-refractivity contribution in [3.05, 3.63) is 17.4 Å². The molecule has 4 N–H and O–H groups in total. The molecular weight excluding hydrogens is 521 g/mol. The molecule has 3 aliphatic rings. The van der Waals surface area contributed by atoms with Gasteiger partial charge in [0, 0.05) is 13.0 Å². The van der Waals surface area contributed by atoms with E-state index in [4.69, 9.17) is 14.0 Å². The Balaban J connectivity index is 1.74. The molecule has 0 saturated carbocycles. The summed E-state index contributed by atoms with van der Waals surface area (Å²) in [4.78, 5) is 53.8. The van der Waals surface area contributed by atoms with E-state index in [1.54, 1.807) is 18.7 Å². The van der Waals surface area contributed by atoms with Crippen molar-refractivity contribution in [3.8, 4) is 0 Å². The van der Waals surface area contributed by atoms with Crippen LogP contribution in [-0.2, 0) is 25.5 Å². The maximum absolute atomic E-state index is 16.3. The first kappa shape index (κ1) is 26.8. The van der Waals surface area contributed by atoms with Gasteiger partial charge in [-0.2, -0.15) is 0 Å². The van der Waals surface area contributed by atoms with E-state index in [9.17, 15) is 29.4 Å². The minimum Gasteiger partial charge on any atom is -0.452 e. The highest BCUT2D eigenvalue weighted by atomic mass is 19.1. The minimum absolute atomic E-state index is 0.00398. The van der Waals surface area contributed by atoms with Crippen molar-refractivity contribution >= 4 is 46.4 Å². The van der Waals surface area contributed by atoms with Gasteiger partial charge in [0.2, 0.25) is 17.4 Å². The first-order valence-electron chi connectivity index (χ1n) is 12.3. The quantitative estimate of drug-likeness (QED) is 0.381. The molecule has 1 aromatic heterocycles. The summed E-state index contributed by atoms with van der Waals surface area (Å²) in [5, 5.41) is 27.9. The molecule has 0 bridgehead atoms. The Hall–Kier alpha value is -3.82. The average Bonchev–Trinajstić information content (AvgIpc) is 3.29. The zero-order chi connectivity index (χ0) is 28.4. The topological polar surface area (TPSA) is 184 Å². The van der Waals surface area contributed by atoms with E-state index in [2.05, 4.69) is 15.8 Å². The monoisotopic (exact) mass is 549 g/mol. The number of nitrogens with zero attached hydrogens (tertiary/aromatic N) is 3. The Labute approximate surface area is 221 Å². The number of amides is 5. The lowest BCUT2D eigenvalue weighted by molar-refractivity contribution is -0.153. The average molecular weight is 550 g/mol. The fourth-order valence-electron chi connectivity index (χ4n) is 5.98. The van der Waals surface area contributed by atoms with Crippen LogP contribution in [0.15, 0.2) is 10.6 Å². The second kappa shape index (κ2) is 9.43. The Morgan fingerprint density at radius 1 is 1.33 bits per heavy atom. The number of ether oxygens (including phenoxy) is 2. The molecule has 3 aliphatic heterocycles. The number of aliphatic hydroxyl groups is 2. The summed E-state index contributed by atoms with van der Waals surface area (Å²) >= 11 is 0. The molecule has 0 aliphatic carbocycles. The van der Waals surface area contributed by atoms with Gasteiger partial charge in [-0.25, -0.2) is 14.0 Å². The van der Waals surface area contributed by atoms with E-state index in [-0.39, 0.29) is 41.0 Å². The molecule has 5 rings (SSSR count). The molecule has 39 heavy (non-hydrogen) atoms. The summed E-state index contributed by atoms with van der Waals surface area (Å²) in [6.07, 6.45) is -3.76. The van der Waals surface area contributed by atoms with Crippen LogP contribution >= 0.6 is 0 Å². The SMILES string of the molecule is COC(=O)N(c1noc2c(F)c3c(cc12)CC1(C(=O)NC(=O)NC1=O)C1[C@H](C)O[C@H](C)CN31)[C@H](C)[C@@H](O)CO. The van der Waals surface area contributed by atoms with Gasteiger partial charge in [-0.3, -0.25) is 25.1 Å². The number of morpholine rings is 1. The number of hydrogen-bond acceptors (Lipinski definition) is 11. The van der Waals surface area contributed by atoms with Crippen molar-refractivity contribution in [3.63, 3.8) is 0 Å². The Bertz CT molecular complexity index is 1360. The van der Waals surface area contributed by atoms with Gasteiger partial charge in [-0.15, -0.1) is 0 Å². The third-order valence-electron chi connectivity index (χ3n) is 7.70. The van der Waals surface area contributed by atoms with E-state index in [0.29, 0.717) is 0 Å². The number of anilines is 2. The molecule has 0 radical (unpaired) electrons. The van der Waals surface area contributed by atoms with Gasteiger partial charge in [0.15, 0.2) is 17.1 Å². The van der Waals surface area contributed by atoms with Crippen LogP contribution in [0, 0.1) is 11.2 Å². The number of carbonyl (C=O) groups is 4. The largest absolute Gasteiger partial charge is 0.452 e. The van der Waals surface area contributed by atoms with Crippen molar-refractivity contribution < 1.29 is 47.8 Å². The zero-order valence-corrected chi connectivity index (χ0v) is 21.6. The predicted octanol–water partition coefficient (Wildman–Crippen LogP) is 0.172. The van der Waals surface area contributed by atoms with E-state index in [1.165, 1.54) is 13.0 Å². The minimum atomic E-state index is -1.85. The number of barbiturate groups is 1. The van der Waals surface area contributed by atoms with Gasteiger partial charge in [0.25, 0.3) is 0 Å². The molecule has 15 heteroatoms. The lowest BCUT2D eigenvalue weighted by Crippen LogP contribution is -2.75. The van der Waals surface area contributed by atoms with Crippen LogP contribution in [-0.4, -0.2) is 90.0 Å². The van der Waals surface area contributed by atoms with Gasteiger partial charge < -0.3 is 29.1 Å². The summed E-state index contributed by atoms with van der Waals surface area (Å²) in [7, 11) is 1.10. The number of hydrogen-bond donors (Lipinski definition) is 4. The van der Waals surface area contributed by atoms with Crippen molar-refractivity contribution in [1.29, 1.82) is 0 Å². The summed E-state index contributed by atoms with van der Waals surface area (Å²) in [6.45, 7) is 4.30. The predicted molar refractivity (Wildman–Crippen MR) is 130 cm³/mol. The van der Waals surface area contributed by atoms with E-state index < -0.39 is 72.2 Å². The Morgan fingerprint density at radius 2 is 2.00 bits per heavy atom. The Kier molecular flexibility index (Phi) is 6.47. The van der Waals surface area contributed by atoms with E-state index in [0.717, 1.165) is 12.0 Å². The molecule has 2 saturated heterocycles. The first-order chi connectivity index (χ1) is 18.5. The van der Waals surface area contributed by atoms with Gasteiger partial charge >= 0.3 is 12.1 Å². The van der Waals surface area contributed by atoms with Crippen molar-refractivity contribution in [2.24, 2.45) is 5.41 Å². The van der Waals surface area contributed by atoms with Gasteiger partial charge in [0.05, 0.1) is 55.2 Å². The number of imide groups is 2. The number of aliphatic hydroxyl groups excluding tert-OH is 2. The maximum Gasteiger partial charge on any atom is 0.415 e. The summed E-state index contributed by atoms with van der Waals surface area (Å²) in [5.74, 6) is -2.73. The second-order valence-electron chi connectivity index (χ2n) is 10.0. The number of methoxy groups -OCH3 is 1. The third kappa shape index (κ3) is 3.83. The highest BCUT2D eigenvalue weighted by Crippen LogP contribution is 2.49.